The van der Waals surface area contributed by atoms with Crippen molar-refractivity contribution < 1.29 is 19.1 Å². The zero-order valence-electron chi connectivity index (χ0n) is 9.80. The molecule has 5 heteroatoms. The van der Waals surface area contributed by atoms with Gasteiger partial charge in [-0.1, -0.05) is 6.08 Å². The van der Waals surface area contributed by atoms with Gasteiger partial charge in [0.15, 0.2) is 0 Å². The first-order valence-electron chi connectivity index (χ1n) is 5.29. The molecule has 0 saturated carbocycles. The molecular weight excluding hydrogens is 234 g/mol. The Balaban J connectivity index is 2.46. The fraction of sp³-hybridized carbons (Fsp3) is 0.154. The number of hydrogen-bond acceptors (Lipinski definition) is 4. The number of ether oxygens (including phenoxy) is 1. The summed E-state index contributed by atoms with van der Waals surface area (Å²) in [4.78, 5) is 36.3. The highest BCUT2D eigenvalue weighted by molar-refractivity contribution is 6.22. The topological polar surface area (TPSA) is 63.7 Å². The third-order valence-corrected chi connectivity index (χ3v) is 2.70. The highest BCUT2D eigenvalue weighted by Crippen LogP contribution is 2.24. The summed E-state index contributed by atoms with van der Waals surface area (Å²) in [5.41, 5.74) is 0.775. The van der Waals surface area contributed by atoms with Crippen LogP contribution in [0.5, 0.6) is 0 Å². The lowest BCUT2D eigenvalue weighted by molar-refractivity contribution is 0.0599. The van der Waals surface area contributed by atoms with Gasteiger partial charge >= 0.3 is 5.97 Å². The molecule has 1 heterocycles. The van der Waals surface area contributed by atoms with Gasteiger partial charge in [-0.25, -0.2) is 4.79 Å². The van der Waals surface area contributed by atoms with Gasteiger partial charge in [0, 0.05) is 6.54 Å². The quantitative estimate of drug-likeness (QED) is 0.457. The van der Waals surface area contributed by atoms with Crippen LogP contribution in [0.15, 0.2) is 30.9 Å². The first-order valence-corrected chi connectivity index (χ1v) is 5.29. The second-order valence-electron chi connectivity index (χ2n) is 3.76. The zero-order chi connectivity index (χ0) is 13.3. The predicted molar refractivity (Wildman–Crippen MR) is 63.3 cm³/mol. The van der Waals surface area contributed by atoms with Crippen LogP contribution >= 0.6 is 0 Å². The van der Waals surface area contributed by atoms with E-state index < -0.39 is 11.9 Å². The van der Waals surface area contributed by atoms with Gasteiger partial charge in [-0.05, 0) is 18.2 Å². The summed E-state index contributed by atoms with van der Waals surface area (Å²) >= 11 is 0. The van der Waals surface area contributed by atoms with E-state index in [1.165, 1.54) is 31.4 Å². The zero-order valence-corrected chi connectivity index (χ0v) is 9.80. The second kappa shape index (κ2) is 4.44. The Hall–Kier alpha value is -2.43. The molecule has 1 aromatic rings. The minimum Gasteiger partial charge on any atom is -0.465 e. The SMILES string of the molecule is C=CCN1C(=O)c2ccc(C(=O)OC)cc2C1=O. The Bertz CT molecular complexity index is 562. The number of nitrogens with zero attached hydrogens (tertiary/aromatic N) is 1. The van der Waals surface area contributed by atoms with Crippen LogP contribution in [0.4, 0.5) is 0 Å². The number of amides is 2. The van der Waals surface area contributed by atoms with Gasteiger partial charge in [0.05, 0.1) is 23.8 Å². The summed E-state index contributed by atoms with van der Waals surface area (Å²) in [6, 6.07) is 4.31. The van der Waals surface area contributed by atoms with Crippen molar-refractivity contribution in [3.8, 4) is 0 Å². The Labute approximate surface area is 104 Å². The van der Waals surface area contributed by atoms with E-state index in [0.717, 1.165) is 4.90 Å². The van der Waals surface area contributed by atoms with E-state index >= 15 is 0 Å². The van der Waals surface area contributed by atoms with Crippen LogP contribution in [0.1, 0.15) is 31.1 Å². The molecule has 2 rings (SSSR count). The number of methoxy groups -OCH3 is 1. The van der Waals surface area contributed by atoms with E-state index in [4.69, 9.17) is 0 Å². The van der Waals surface area contributed by atoms with Crippen molar-refractivity contribution in [1.29, 1.82) is 0 Å². The van der Waals surface area contributed by atoms with Gasteiger partial charge in [-0.2, -0.15) is 0 Å². The molecular formula is C13H11NO4. The van der Waals surface area contributed by atoms with Crippen LogP contribution in [-0.4, -0.2) is 36.3 Å². The highest BCUT2D eigenvalue weighted by atomic mass is 16.5. The van der Waals surface area contributed by atoms with E-state index in [0.29, 0.717) is 5.56 Å². The number of imide groups is 1. The van der Waals surface area contributed by atoms with Crippen molar-refractivity contribution in [2.45, 2.75) is 0 Å². The van der Waals surface area contributed by atoms with Gasteiger partial charge in [0.1, 0.15) is 0 Å². The van der Waals surface area contributed by atoms with Crippen molar-refractivity contribution >= 4 is 17.8 Å². The maximum atomic E-state index is 12.0. The molecule has 18 heavy (non-hydrogen) atoms. The number of carbonyl (C=O) groups is 3. The first-order chi connectivity index (χ1) is 8.60. The molecule has 92 valence electrons. The Morgan fingerprint density at radius 2 is 2.00 bits per heavy atom. The van der Waals surface area contributed by atoms with Crippen molar-refractivity contribution in [2.24, 2.45) is 0 Å². The van der Waals surface area contributed by atoms with Gasteiger partial charge in [0.2, 0.25) is 0 Å². The fourth-order valence-corrected chi connectivity index (χ4v) is 1.83. The van der Waals surface area contributed by atoms with Crippen molar-refractivity contribution in [3.63, 3.8) is 0 Å². The van der Waals surface area contributed by atoms with Crippen LogP contribution < -0.4 is 0 Å². The largest absolute Gasteiger partial charge is 0.465 e. The van der Waals surface area contributed by atoms with Crippen molar-refractivity contribution in [3.05, 3.63) is 47.5 Å². The Morgan fingerprint density at radius 1 is 1.33 bits per heavy atom. The number of rotatable bonds is 3. The lowest BCUT2D eigenvalue weighted by Gasteiger charge is -2.09. The molecule has 0 atom stereocenters. The molecule has 1 aliphatic rings. The van der Waals surface area contributed by atoms with E-state index in [1.807, 2.05) is 0 Å². The summed E-state index contributed by atoms with van der Waals surface area (Å²) in [6.07, 6.45) is 1.48. The molecule has 0 unspecified atom stereocenters. The van der Waals surface area contributed by atoms with E-state index in [2.05, 4.69) is 11.3 Å². The molecule has 0 fully saturated rings. The molecule has 0 radical (unpaired) electrons. The lowest BCUT2D eigenvalue weighted by Crippen LogP contribution is -2.29. The average Bonchev–Trinajstić information content (AvgIpc) is 2.63. The van der Waals surface area contributed by atoms with E-state index in [-0.39, 0.29) is 23.6 Å². The first kappa shape index (κ1) is 12.0. The molecule has 2 amide bonds. The van der Waals surface area contributed by atoms with Crippen LogP contribution in [0, 0.1) is 0 Å². The minimum atomic E-state index is -0.541. The van der Waals surface area contributed by atoms with Gasteiger partial charge in [-0.15, -0.1) is 6.58 Å². The number of hydrogen-bond donors (Lipinski definition) is 0. The molecule has 0 N–H and O–H groups in total. The van der Waals surface area contributed by atoms with Crippen LogP contribution in [0.2, 0.25) is 0 Å². The van der Waals surface area contributed by atoms with Gasteiger partial charge in [0.25, 0.3) is 11.8 Å². The van der Waals surface area contributed by atoms with Crippen molar-refractivity contribution in [1.82, 2.24) is 4.90 Å². The fourth-order valence-electron chi connectivity index (χ4n) is 1.83. The molecule has 0 aromatic heterocycles. The maximum Gasteiger partial charge on any atom is 0.337 e. The monoisotopic (exact) mass is 245 g/mol. The molecule has 0 saturated heterocycles. The number of carbonyl (C=O) groups excluding carboxylic acids is 3. The number of benzene rings is 1. The summed E-state index contributed by atoms with van der Waals surface area (Å²) in [5, 5.41) is 0. The Kier molecular flexibility index (Phi) is 2.97. The second-order valence-corrected chi connectivity index (χ2v) is 3.76. The summed E-state index contributed by atoms with van der Waals surface area (Å²) in [6.45, 7) is 3.65. The number of esters is 1. The maximum absolute atomic E-state index is 12.0. The predicted octanol–water partition coefficient (Wildman–Crippen LogP) is 1.26. The molecule has 1 aromatic carbocycles. The standard InChI is InChI=1S/C13H11NO4/c1-3-6-14-11(15)9-5-4-8(13(17)18-2)7-10(9)12(14)16/h3-5,7H,1,6H2,2H3. The minimum absolute atomic E-state index is 0.153. The summed E-state index contributed by atoms with van der Waals surface area (Å²) < 4.78 is 4.57. The summed E-state index contributed by atoms with van der Waals surface area (Å²) in [7, 11) is 1.26. The normalized spacial score (nSPS) is 13.5. The molecule has 0 spiro atoms. The summed E-state index contributed by atoms with van der Waals surface area (Å²) in [5.74, 6) is -1.33. The van der Waals surface area contributed by atoms with E-state index in [1.54, 1.807) is 0 Å². The van der Waals surface area contributed by atoms with Crippen LogP contribution in [0.3, 0.4) is 0 Å². The average molecular weight is 245 g/mol. The van der Waals surface area contributed by atoms with Crippen LogP contribution in [0.25, 0.3) is 0 Å². The smallest absolute Gasteiger partial charge is 0.337 e. The number of fused-ring (bicyclic) bond motifs is 1. The highest BCUT2D eigenvalue weighted by Gasteiger charge is 2.35. The third kappa shape index (κ3) is 1.69. The molecule has 1 aliphatic heterocycles. The Morgan fingerprint density at radius 3 is 2.61 bits per heavy atom. The van der Waals surface area contributed by atoms with Gasteiger partial charge < -0.3 is 4.74 Å². The van der Waals surface area contributed by atoms with E-state index in [9.17, 15) is 14.4 Å². The van der Waals surface area contributed by atoms with Crippen LogP contribution in [-0.2, 0) is 4.74 Å². The molecule has 5 nitrogen and oxygen atoms in total. The lowest BCUT2D eigenvalue weighted by atomic mass is 10.1. The van der Waals surface area contributed by atoms with Gasteiger partial charge in [-0.3, -0.25) is 14.5 Å². The molecule has 0 aliphatic carbocycles. The molecule has 0 bridgehead atoms. The third-order valence-electron chi connectivity index (χ3n) is 2.70. The van der Waals surface area contributed by atoms with Crippen molar-refractivity contribution in [2.75, 3.05) is 13.7 Å².